The third kappa shape index (κ3) is 2.96. The van der Waals surface area contributed by atoms with E-state index in [1.165, 1.54) is 22.3 Å². The van der Waals surface area contributed by atoms with Crippen LogP contribution in [0.25, 0.3) is 0 Å². The van der Waals surface area contributed by atoms with Gasteiger partial charge in [0.2, 0.25) is 0 Å². The van der Waals surface area contributed by atoms with Crippen molar-refractivity contribution < 1.29 is 9.47 Å². The topological polar surface area (TPSA) is 30.5 Å². The van der Waals surface area contributed by atoms with Gasteiger partial charge >= 0.3 is 0 Å². The van der Waals surface area contributed by atoms with E-state index in [1.807, 2.05) is 0 Å². The molecule has 2 aromatic carbocycles. The van der Waals surface area contributed by atoms with Gasteiger partial charge in [-0.15, -0.1) is 0 Å². The van der Waals surface area contributed by atoms with Crippen molar-refractivity contribution >= 4 is 5.69 Å². The summed E-state index contributed by atoms with van der Waals surface area (Å²) in [6, 6.07) is 15.4. The number of hydrogen-bond donors (Lipinski definition) is 1. The lowest BCUT2D eigenvalue weighted by Gasteiger charge is -2.43. The van der Waals surface area contributed by atoms with Crippen LogP contribution >= 0.6 is 0 Å². The Hall–Kier alpha value is -1.84. The molecule has 2 heterocycles. The van der Waals surface area contributed by atoms with E-state index in [2.05, 4.69) is 75.5 Å². The fraction of sp³-hybridized carbons (Fsp3) is 0.455. The number of fused-ring (bicyclic) bond motifs is 3. The third-order valence-corrected chi connectivity index (χ3v) is 5.38. The normalized spacial score (nSPS) is 25.7. The van der Waals surface area contributed by atoms with Gasteiger partial charge in [-0.1, -0.05) is 57.2 Å². The maximum absolute atomic E-state index is 6.20. The lowest BCUT2D eigenvalue weighted by atomic mass is 9.81. The van der Waals surface area contributed by atoms with E-state index in [9.17, 15) is 0 Å². The number of benzene rings is 2. The van der Waals surface area contributed by atoms with Crippen LogP contribution in [0.15, 0.2) is 42.5 Å². The molecule has 0 radical (unpaired) electrons. The Labute approximate surface area is 150 Å². The van der Waals surface area contributed by atoms with E-state index >= 15 is 0 Å². The third-order valence-electron chi connectivity index (χ3n) is 5.38. The van der Waals surface area contributed by atoms with E-state index < -0.39 is 0 Å². The minimum absolute atomic E-state index is 0.00225. The van der Waals surface area contributed by atoms with Gasteiger partial charge in [-0.05, 0) is 35.1 Å². The summed E-state index contributed by atoms with van der Waals surface area (Å²) in [5.41, 5.74) is 6.40. The molecule has 3 heteroatoms. The van der Waals surface area contributed by atoms with E-state index in [0.29, 0.717) is 13.2 Å². The Balaban J connectivity index is 1.79. The predicted octanol–water partition coefficient (Wildman–Crippen LogP) is 4.92. The van der Waals surface area contributed by atoms with E-state index in [0.717, 1.165) is 5.69 Å². The Bertz CT molecular complexity index is 778. The lowest BCUT2D eigenvalue weighted by molar-refractivity contribution is -0.151. The Morgan fingerprint density at radius 3 is 2.48 bits per heavy atom. The molecule has 3 unspecified atom stereocenters. The number of nitrogens with one attached hydrogen (secondary N) is 1. The van der Waals surface area contributed by atoms with E-state index in [4.69, 9.17) is 9.47 Å². The van der Waals surface area contributed by atoms with Gasteiger partial charge in [0.1, 0.15) is 12.2 Å². The first-order valence-electron chi connectivity index (χ1n) is 9.15. The summed E-state index contributed by atoms with van der Waals surface area (Å²) in [4.78, 5) is 0. The molecule has 2 aliphatic rings. The summed E-state index contributed by atoms with van der Waals surface area (Å²) in [5.74, 6) is 0. The van der Waals surface area contributed by atoms with Crippen molar-refractivity contribution in [1.82, 2.24) is 0 Å². The van der Waals surface area contributed by atoms with Crippen LogP contribution in [0.5, 0.6) is 0 Å². The first-order valence-corrected chi connectivity index (χ1v) is 9.15. The quantitative estimate of drug-likeness (QED) is 0.801. The summed E-state index contributed by atoms with van der Waals surface area (Å²) in [6.07, 6.45) is -0.0190. The molecule has 2 aliphatic heterocycles. The van der Waals surface area contributed by atoms with Gasteiger partial charge in [0.15, 0.2) is 0 Å². The molecule has 1 saturated heterocycles. The molecule has 1 N–H and O–H groups in total. The monoisotopic (exact) mass is 337 g/mol. The van der Waals surface area contributed by atoms with Gasteiger partial charge in [-0.3, -0.25) is 0 Å². The number of hydrogen-bond acceptors (Lipinski definition) is 3. The van der Waals surface area contributed by atoms with E-state index in [-0.39, 0.29) is 23.7 Å². The van der Waals surface area contributed by atoms with Crippen LogP contribution in [0.4, 0.5) is 5.69 Å². The summed E-state index contributed by atoms with van der Waals surface area (Å²) in [6.45, 7) is 10.2. The van der Waals surface area contributed by atoms with E-state index in [1.54, 1.807) is 0 Å². The van der Waals surface area contributed by atoms with Crippen molar-refractivity contribution in [3.05, 3.63) is 64.7 Å². The average molecular weight is 337 g/mol. The molecule has 0 saturated carbocycles. The zero-order valence-electron chi connectivity index (χ0n) is 15.5. The van der Waals surface area contributed by atoms with Crippen molar-refractivity contribution in [2.75, 3.05) is 18.5 Å². The number of aryl methyl sites for hydroxylation is 1. The minimum atomic E-state index is -0.0168. The summed E-state index contributed by atoms with van der Waals surface area (Å²) < 4.78 is 12.4. The SMILES string of the molecule is Cc1ccccc1C1Nc2ccc(C(C)(C)C)cc2C2OCCOC12. The zero-order valence-corrected chi connectivity index (χ0v) is 15.5. The van der Waals surface area contributed by atoms with Crippen LogP contribution in [0.3, 0.4) is 0 Å². The first-order chi connectivity index (χ1) is 11.9. The standard InChI is InChI=1S/C22H27NO2/c1-14-7-5-6-8-16(14)19-21-20(24-11-12-25-21)17-13-15(22(2,3)4)9-10-18(17)23-19/h5-10,13,19-21,23H,11-12H2,1-4H3. The largest absolute Gasteiger partial charge is 0.375 e. The average Bonchev–Trinajstić information content (AvgIpc) is 2.60. The van der Waals surface area contributed by atoms with Crippen LogP contribution in [-0.2, 0) is 14.9 Å². The van der Waals surface area contributed by atoms with Gasteiger partial charge in [0.25, 0.3) is 0 Å². The minimum Gasteiger partial charge on any atom is -0.375 e. The molecule has 132 valence electrons. The molecule has 0 bridgehead atoms. The fourth-order valence-corrected chi connectivity index (χ4v) is 3.92. The molecule has 3 nitrogen and oxygen atoms in total. The lowest BCUT2D eigenvalue weighted by Crippen LogP contribution is -2.43. The molecule has 0 amide bonds. The van der Waals surface area contributed by atoms with Gasteiger partial charge in [-0.25, -0.2) is 0 Å². The number of ether oxygens (including phenoxy) is 2. The first kappa shape index (κ1) is 16.6. The van der Waals surface area contributed by atoms with Crippen molar-refractivity contribution in [2.24, 2.45) is 0 Å². The Morgan fingerprint density at radius 1 is 0.960 bits per heavy atom. The van der Waals surface area contributed by atoms with Crippen LogP contribution in [0.1, 0.15) is 55.2 Å². The molecule has 4 rings (SSSR count). The summed E-state index contributed by atoms with van der Waals surface area (Å²) in [7, 11) is 0. The number of rotatable bonds is 1. The van der Waals surface area contributed by atoms with Crippen LogP contribution < -0.4 is 5.32 Å². The summed E-state index contributed by atoms with van der Waals surface area (Å²) >= 11 is 0. The Kier molecular flexibility index (Phi) is 4.09. The van der Waals surface area contributed by atoms with Crippen molar-refractivity contribution in [3.8, 4) is 0 Å². The zero-order chi connectivity index (χ0) is 17.6. The predicted molar refractivity (Wildman–Crippen MR) is 101 cm³/mol. The highest BCUT2D eigenvalue weighted by Crippen LogP contribution is 2.45. The van der Waals surface area contributed by atoms with Crippen molar-refractivity contribution in [1.29, 1.82) is 0 Å². The molecule has 3 atom stereocenters. The summed E-state index contributed by atoms with van der Waals surface area (Å²) in [5, 5.41) is 3.73. The Morgan fingerprint density at radius 2 is 1.72 bits per heavy atom. The van der Waals surface area contributed by atoms with Gasteiger partial charge in [0, 0.05) is 11.3 Å². The second kappa shape index (κ2) is 6.15. The molecule has 0 aromatic heterocycles. The molecular weight excluding hydrogens is 310 g/mol. The van der Waals surface area contributed by atoms with Crippen molar-refractivity contribution in [3.63, 3.8) is 0 Å². The highest BCUT2D eigenvalue weighted by atomic mass is 16.6. The second-order valence-corrected chi connectivity index (χ2v) is 8.16. The molecule has 0 spiro atoms. The van der Waals surface area contributed by atoms with Crippen LogP contribution in [0.2, 0.25) is 0 Å². The highest BCUT2D eigenvalue weighted by Gasteiger charge is 2.41. The maximum Gasteiger partial charge on any atom is 0.113 e. The molecule has 25 heavy (non-hydrogen) atoms. The highest BCUT2D eigenvalue weighted by molar-refractivity contribution is 5.59. The molecular formula is C22H27NO2. The van der Waals surface area contributed by atoms with Crippen molar-refractivity contribution in [2.45, 2.75) is 51.4 Å². The molecule has 2 aromatic rings. The van der Waals surface area contributed by atoms with Gasteiger partial charge in [-0.2, -0.15) is 0 Å². The second-order valence-electron chi connectivity index (χ2n) is 8.16. The fourth-order valence-electron chi connectivity index (χ4n) is 3.92. The van der Waals surface area contributed by atoms with Crippen LogP contribution in [0, 0.1) is 6.92 Å². The van der Waals surface area contributed by atoms with Gasteiger partial charge in [0.05, 0.1) is 19.3 Å². The van der Waals surface area contributed by atoms with Gasteiger partial charge < -0.3 is 14.8 Å². The number of anilines is 1. The molecule has 1 fully saturated rings. The molecule has 0 aliphatic carbocycles. The maximum atomic E-state index is 6.20. The smallest absolute Gasteiger partial charge is 0.113 e. The van der Waals surface area contributed by atoms with Crippen LogP contribution in [-0.4, -0.2) is 19.3 Å².